The predicted molar refractivity (Wildman–Crippen MR) is 105 cm³/mol. The molecule has 6 heteroatoms. The van der Waals surface area contributed by atoms with Crippen molar-refractivity contribution in [3.05, 3.63) is 24.3 Å². The van der Waals surface area contributed by atoms with Crippen LogP contribution >= 0.6 is 23.1 Å². The molecule has 25 heavy (non-hydrogen) atoms. The second-order valence-electron chi connectivity index (χ2n) is 6.94. The summed E-state index contributed by atoms with van der Waals surface area (Å²) in [6.07, 6.45) is 6.85. The highest BCUT2D eigenvalue weighted by Crippen LogP contribution is 2.29. The SMILES string of the molecule is O=C(CSc1nc2ccccc2s1)N1CCN(C2CCCCC2)CC1. The maximum absolute atomic E-state index is 12.5. The summed E-state index contributed by atoms with van der Waals surface area (Å²) in [6, 6.07) is 8.92. The van der Waals surface area contributed by atoms with Crippen molar-refractivity contribution in [2.75, 3.05) is 31.9 Å². The molecule has 0 bridgehead atoms. The van der Waals surface area contributed by atoms with Crippen LogP contribution in [0.1, 0.15) is 32.1 Å². The van der Waals surface area contributed by atoms with E-state index in [0.717, 1.165) is 42.1 Å². The normalized spacial score (nSPS) is 20.2. The molecule has 2 heterocycles. The molecule has 2 fully saturated rings. The third-order valence-corrected chi connectivity index (χ3v) is 7.52. The van der Waals surface area contributed by atoms with Crippen LogP contribution in [0.3, 0.4) is 0 Å². The lowest BCUT2D eigenvalue weighted by molar-refractivity contribution is -0.130. The first kappa shape index (κ1) is 17.3. The van der Waals surface area contributed by atoms with E-state index in [1.807, 2.05) is 23.1 Å². The number of para-hydroxylation sites is 1. The Bertz CT molecular complexity index is 685. The molecule has 134 valence electrons. The van der Waals surface area contributed by atoms with Gasteiger partial charge in [0.15, 0.2) is 4.34 Å². The fourth-order valence-electron chi connectivity index (χ4n) is 3.91. The zero-order chi connectivity index (χ0) is 17.1. The van der Waals surface area contributed by atoms with Crippen molar-refractivity contribution < 1.29 is 4.79 Å². The Kier molecular flexibility index (Phi) is 5.58. The van der Waals surface area contributed by atoms with Gasteiger partial charge in [-0.05, 0) is 25.0 Å². The third kappa shape index (κ3) is 4.18. The number of hydrogen-bond donors (Lipinski definition) is 0. The summed E-state index contributed by atoms with van der Waals surface area (Å²) in [5.41, 5.74) is 1.03. The molecule has 1 saturated heterocycles. The van der Waals surface area contributed by atoms with Gasteiger partial charge in [-0.25, -0.2) is 4.98 Å². The van der Waals surface area contributed by atoms with Crippen molar-refractivity contribution in [3.8, 4) is 0 Å². The Balaban J connectivity index is 1.26. The Morgan fingerprint density at radius 3 is 2.64 bits per heavy atom. The molecule has 4 rings (SSSR count). The van der Waals surface area contributed by atoms with Crippen LogP contribution in [0.4, 0.5) is 0 Å². The lowest BCUT2D eigenvalue weighted by atomic mass is 9.94. The molecular formula is C19H25N3OS2. The molecule has 0 N–H and O–H groups in total. The van der Waals surface area contributed by atoms with E-state index >= 15 is 0 Å². The summed E-state index contributed by atoms with van der Waals surface area (Å²) >= 11 is 3.26. The van der Waals surface area contributed by atoms with Gasteiger partial charge in [0.05, 0.1) is 16.0 Å². The average Bonchev–Trinajstić information content (AvgIpc) is 3.10. The molecule has 0 spiro atoms. The molecule has 0 unspecified atom stereocenters. The van der Waals surface area contributed by atoms with Crippen molar-refractivity contribution in [1.82, 2.24) is 14.8 Å². The average molecular weight is 376 g/mol. The van der Waals surface area contributed by atoms with E-state index < -0.39 is 0 Å². The smallest absolute Gasteiger partial charge is 0.233 e. The number of aromatic nitrogens is 1. The molecule has 1 saturated carbocycles. The van der Waals surface area contributed by atoms with Gasteiger partial charge in [0.25, 0.3) is 0 Å². The van der Waals surface area contributed by atoms with E-state index in [-0.39, 0.29) is 5.91 Å². The summed E-state index contributed by atoms with van der Waals surface area (Å²) in [6.45, 7) is 3.86. The van der Waals surface area contributed by atoms with E-state index in [0.29, 0.717) is 5.75 Å². The van der Waals surface area contributed by atoms with Gasteiger partial charge in [-0.2, -0.15) is 0 Å². The van der Waals surface area contributed by atoms with Crippen LogP contribution in [0.15, 0.2) is 28.6 Å². The van der Waals surface area contributed by atoms with Crippen molar-refractivity contribution in [2.45, 2.75) is 42.5 Å². The van der Waals surface area contributed by atoms with Crippen LogP contribution < -0.4 is 0 Å². The van der Waals surface area contributed by atoms with Crippen LogP contribution in [0, 0.1) is 0 Å². The van der Waals surface area contributed by atoms with Gasteiger partial charge in [-0.1, -0.05) is 43.2 Å². The summed E-state index contributed by atoms with van der Waals surface area (Å²) in [7, 11) is 0. The predicted octanol–water partition coefficient (Wildman–Crippen LogP) is 3.87. The molecule has 0 radical (unpaired) electrons. The highest BCUT2D eigenvalue weighted by Gasteiger charge is 2.27. The molecule has 1 aliphatic heterocycles. The van der Waals surface area contributed by atoms with Gasteiger partial charge in [-0.3, -0.25) is 9.69 Å². The van der Waals surface area contributed by atoms with Crippen LogP contribution in [0.25, 0.3) is 10.2 Å². The minimum Gasteiger partial charge on any atom is -0.339 e. The number of piperazine rings is 1. The first-order chi connectivity index (χ1) is 12.3. The standard InChI is InChI=1S/C19H25N3OS2/c23-18(14-24-19-20-16-8-4-5-9-17(16)25-19)22-12-10-21(11-13-22)15-6-2-1-3-7-15/h4-5,8-9,15H,1-3,6-7,10-14H2. The molecule has 4 nitrogen and oxygen atoms in total. The van der Waals surface area contributed by atoms with Crippen molar-refractivity contribution in [1.29, 1.82) is 0 Å². The Labute approximate surface area is 157 Å². The monoisotopic (exact) mass is 375 g/mol. The summed E-state index contributed by atoms with van der Waals surface area (Å²) < 4.78 is 2.19. The molecular weight excluding hydrogens is 350 g/mol. The second-order valence-corrected chi connectivity index (χ2v) is 9.20. The van der Waals surface area contributed by atoms with Gasteiger partial charge in [0.1, 0.15) is 0 Å². The lowest BCUT2D eigenvalue weighted by Gasteiger charge is -2.40. The fourth-order valence-corrected chi connectivity index (χ4v) is 5.88. The lowest BCUT2D eigenvalue weighted by Crippen LogP contribution is -2.52. The summed E-state index contributed by atoms with van der Waals surface area (Å²) in [5, 5.41) is 0. The van der Waals surface area contributed by atoms with Crippen LogP contribution in [-0.2, 0) is 4.79 Å². The number of rotatable bonds is 4. The first-order valence-electron chi connectivity index (χ1n) is 9.30. The largest absolute Gasteiger partial charge is 0.339 e. The zero-order valence-corrected chi connectivity index (χ0v) is 16.2. The van der Waals surface area contributed by atoms with Gasteiger partial charge in [0, 0.05) is 32.2 Å². The molecule has 1 aliphatic carbocycles. The van der Waals surface area contributed by atoms with E-state index in [1.165, 1.54) is 36.8 Å². The first-order valence-corrected chi connectivity index (χ1v) is 11.1. The van der Waals surface area contributed by atoms with Crippen LogP contribution in [0.2, 0.25) is 0 Å². The van der Waals surface area contributed by atoms with Crippen molar-refractivity contribution in [2.24, 2.45) is 0 Å². The Morgan fingerprint density at radius 2 is 1.88 bits per heavy atom. The molecule has 1 aromatic heterocycles. The molecule has 2 aliphatic rings. The topological polar surface area (TPSA) is 36.4 Å². The quantitative estimate of drug-likeness (QED) is 0.760. The highest BCUT2D eigenvalue weighted by atomic mass is 32.2. The third-order valence-electron chi connectivity index (χ3n) is 5.35. The van der Waals surface area contributed by atoms with Gasteiger partial charge in [-0.15, -0.1) is 11.3 Å². The fraction of sp³-hybridized carbons (Fsp3) is 0.579. The van der Waals surface area contributed by atoms with E-state index in [1.54, 1.807) is 23.1 Å². The molecule has 0 atom stereocenters. The zero-order valence-electron chi connectivity index (χ0n) is 14.5. The number of carbonyl (C=O) groups excluding carboxylic acids is 1. The molecule has 1 amide bonds. The number of fused-ring (bicyclic) bond motifs is 1. The van der Waals surface area contributed by atoms with E-state index in [2.05, 4.69) is 16.0 Å². The second kappa shape index (κ2) is 8.06. The van der Waals surface area contributed by atoms with E-state index in [4.69, 9.17) is 0 Å². The van der Waals surface area contributed by atoms with E-state index in [9.17, 15) is 4.79 Å². The summed E-state index contributed by atoms with van der Waals surface area (Å²) in [5.74, 6) is 0.760. The van der Waals surface area contributed by atoms with Gasteiger partial charge < -0.3 is 4.90 Å². The minimum absolute atomic E-state index is 0.257. The number of hydrogen-bond acceptors (Lipinski definition) is 5. The number of thioether (sulfide) groups is 1. The number of thiazole rings is 1. The highest BCUT2D eigenvalue weighted by molar-refractivity contribution is 8.01. The number of nitrogens with zero attached hydrogens (tertiary/aromatic N) is 3. The van der Waals surface area contributed by atoms with Gasteiger partial charge in [0.2, 0.25) is 5.91 Å². The van der Waals surface area contributed by atoms with Crippen molar-refractivity contribution >= 4 is 39.2 Å². The Morgan fingerprint density at radius 1 is 1.12 bits per heavy atom. The van der Waals surface area contributed by atoms with Gasteiger partial charge >= 0.3 is 0 Å². The number of amides is 1. The minimum atomic E-state index is 0.257. The maximum atomic E-state index is 12.5. The maximum Gasteiger partial charge on any atom is 0.233 e. The number of benzene rings is 1. The summed E-state index contributed by atoms with van der Waals surface area (Å²) in [4.78, 5) is 21.8. The number of carbonyl (C=O) groups is 1. The molecule has 2 aromatic rings. The van der Waals surface area contributed by atoms with Crippen LogP contribution in [0.5, 0.6) is 0 Å². The van der Waals surface area contributed by atoms with Crippen molar-refractivity contribution in [3.63, 3.8) is 0 Å². The molecule has 1 aromatic carbocycles. The van der Waals surface area contributed by atoms with Crippen LogP contribution in [-0.4, -0.2) is 58.7 Å². The Hall–Kier alpha value is -1.11.